The molecule has 5 heteroatoms. The third kappa shape index (κ3) is 6.43. The zero-order chi connectivity index (χ0) is 24.7. The van der Waals surface area contributed by atoms with Crippen molar-refractivity contribution >= 4 is 12.0 Å². The van der Waals surface area contributed by atoms with Gasteiger partial charge in [0.15, 0.2) is 11.6 Å². The second kappa shape index (κ2) is 11.8. The molecule has 0 aliphatic rings. The Bertz CT molecular complexity index is 1140. The Morgan fingerprint density at radius 2 is 1.74 bits per heavy atom. The van der Waals surface area contributed by atoms with E-state index in [9.17, 15) is 13.6 Å². The summed E-state index contributed by atoms with van der Waals surface area (Å²) in [7, 11) is 0. The molecule has 34 heavy (non-hydrogen) atoms. The molecule has 1 amide bonds. The van der Waals surface area contributed by atoms with Gasteiger partial charge in [-0.05, 0) is 54.7 Å². The zero-order valence-corrected chi connectivity index (χ0v) is 20.5. The van der Waals surface area contributed by atoms with Gasteiger partial charge in [-0.25, -0.2) is 8.78 Å². The van der Waals surface area contributed by atoms with Crippen LogP contribution in [0, 0.1) is 18.6 Å². The second-order valence-electron chi connectivity index (χ2n) is 9.07. The van der Waals surface area contributed by atoms with Crippen LogP contribution in [-0.4, -0.2) is 10.5 Å². The summed E-state index contributed by atoms with van der Waals surface area (Å²) < 4.78 is 29.0. The van der Waals surface area contributed by atoms with Crippen molar-refractivity contribution in [3.63, 3.8) is 0 Å². The monoisotopic (exact) mass is 464 g/mol. The van der Waals surface area contributed by atoms with E-state index >= 15 is 0 Å². The number of nitrogens with one attached hydrogen (secondary N) is 1. The number of rotatable bonds is 10. The third-order valence-corrected chi connectivity index (χ3v) is 5.87. The first-order chi connectivity index (χ1) is 16.3. The molecule has 0 atom stereocenters. The lowest BCUT2D eigenvalue weighted by Gasteiger charge is -2.17. The Balaban J connectivity index is 1.93. The summed E-state index contributed by atoms with van der Waals surface area (Å²) in [5.74, 6) is -1.92. The Kier molecular flexibility index (Phi) is 8.80. The Morgan fingerprint density at radius 1 is 1.03 bits per heavy atom. The highest BCUT2D eigenvalue weighted by Crippen LogP contribution is 2.27. The molecule has 3 rings (SSSR count). The first-order valence-electron chi connectivity index (χ1n) is 12.0. The number of allylic oxidation sites excluding steroid dienone is 1. The molecule has 1 heterocycles. The number of carbonyl (C=O) groups excluding carboxylic acids is 1. The van der Waals surface area contributed by atoms with Gasteiger partial charge in [0.25, 0.3) is 5.91 Å². The summed E-state index contributed by atoms with van der Waals surface area (Å²) in [5.41, 5.74) is 5.44. The Hall–Kier alpha value is -3.21. The molecule has 0 spiro atoms. The van der Waals surface area contributed by atoms with Gasteiger partial charge in [-0.1, -0.05) is 75.6 Å². The zero-order valence-electron chi connectivity index (χ0n) is 20.5. The molecule has 2 aromatic carbocycles. The summed E-state index contributed by atoms with van der Waals surface area (Å²) in [6.07, 6.45) is 7.50. The van der Waals surface area contributed by atoms with Crippen LogP contribution in [-0.2, 0) is 13.1 Å². The van der Waals surface area contributed by atoms with Gasteiger partial charge in [0.05, 0.1) is 5.56 Å². The van der Waals surface area contributed by atoms with Crippen LogP contribution < -0.4 is 5.32 Å². The number of hydrogen-bond donors (Lipinski definition) is 1. The molecule has 3 aromatic rings. The lowest BCUT2D eigenvalue weighted by atomic mass is 10.0. The molecule has 0 unspecified atom stereocenters. The average molecular weight is 465 g/mol. The molecule has 0 saturated heterocycles. The van der Waals surface area contributed by atoms with E-state index in [-0.39, 0.29) is 18.4 Å². The molecule has 3 nitrogen and oxygen atoms in total. The topological polar surface area (TPSA) is 34.0 Å². The predicted octanol–water partition coefficient (Wildman–Crippen LogP) is 7.38. The van der Waals surface area contributed by atoms with Crippen molar-refractivity contribution < 1.29 is 13.6 Å². The molecule has 0 radical (unpaired) electrons. The normalized spacial score (nSPS) is 11.5. The fraction of sp³-hybridized carbons (Fsp3) is 0.345. The SMILES string of the molecule is CCCC/C=C/c1cc(C(=O)NCc2ccc(F)c(F)c2)c(C(C)C)n1Cc1ccc(C)cc1. The first kappa shape index (κ1) is 25.4. The highest BCUT2D eigenvalue weighted by atomic mass is 19.2. The number of nitrogens with zero attached hydrogens (tertiary/aromatic N) is 1. The van der Waals surface area contributed by atoms with Crippen LogP contribution in [0.3, 0.4) is 0 Å². The van der Waals surface area contributed by atoms with E-state index in [0.29, 0.717) is 17.7 Å². The maximum Gasteiger partial charge on any atom is 0.253 e. The minimum atomic E-state index is -0.918. The summed E-state index contributed by atoms with van der Waals surface area (Å²) >= 11 is 0. The van der Waals surface area contributed by atoms with Crippen LogP contribution in [0.25, 0.3) is 6.08 Å². The van der Waals surface area contributed by atoms with E-state index in [4.69, 9.17) is 0 Å². The fourth-order valence-electron chi connectivity index (χ4n) is 4.03. The van der Waals surface area contributed by atoms with Crippen molar-refractivity contribution in [1.82, 2.24) is 9.88 Å². The van der Waals surface area contributed by atoms with Crippen LogP contribution in [0.4, 0.5) is 8.78 Å². The molecule has 0 fully saturated rings. The van der Waals surface area contributed by atoms with Crippen LogP contribution in [0.2, 0.25) is 0 Å². The fourth-order valence-corrected chi connectivity index (χ4v) is 4.03. The van der Waals surface area contributed by atoms with E-state index in [1.54, 1.807) is 0 Å². The smallest absolute Gasteiger partial charge is 0.253 e. The van der Waals surface area contributed by atoms with Crippen LogP contribution in [0.1, 0.15) is 84.4 Å². The summed E-state index contributed by atoms with van der Waals surface area (Å²) in [5, 5.41) is 2.88. The highest BCUT2D eigenvalue weighted by Gasteiger charge is 2.22. The van der Waals surface area contributed by atoms with Crippen LogP contribution in [0.5, 0.6) is 0 Å². The lowest BCUT2D eigenvalue weighted by Crippen LogP contribution is -2.24. The van der Waals surface area contributed by atoms with Crippen LogP contribution in [0.15, 0.2) is 54.6 Å². The standard InChI is InChI=1S/C29H34F2N2O/c1-5-6-7-8-9-24-17-25(29(34)32-18-23-14-15-26(30)27(31)16-23)28(20(2)3)33(24)19-22-12-10-21(4)11-13-22/h8-17,20H,5-7,18-19H2,1-4H3,(H,32,34)/b9-8+. The maximum absolute atomic E-state index is 13.6. The van der Waals surface area contributed by atoms with Gasteiger partial charge in [-0.3, -0.25) is 4.79 Å². The number of benzene rings is 2. The van der Waals surface area contributed by atoms with Crippen molar-refractivity contribution in [2.75, 3.05) is 0 Å². The molecule has 0 aliphatic carbocycles. The van der Waals surface area contributed by atoms with E-state index in [1.165, 1.54) is 17.2 Å². The molecular formula is C29H34F2N2O. The number of hydrogen-bond acceptors (Lipinski definition) is 1. The summed E-state index contributed by atoms with van der Waals surface area (Å²) in [6.45, 7) is 9.18. The molecule has 180 valence electrons. The number of unbranched alkanes of at least 4 members (excludes halogenated alkanes) is 2. The lowest BCUT2D eigenvalue weighted by molar-refractivity contribution is 0.0949. The van der Waals surface area contributed by atoms with Crippen molar-refractivity contribution in [2.45, 2.75) is 66.0 Å². The maximum atomic E-state index is 13.6. The van der Waals surface area contributed by atoms with Crippen LogP contribution >= 0.6 is 0 Å². The van der Waals surface area contributed by atoms with Crippen molar-refractivity contribution in [1.29, 1.82) is 0 Å². The largest absolute Gasteiger partial charge is 0.348 e. The number of carbonyl (C=O) groups is 1. The molecule has 1 aromatic heterocycles. The van der Waals surface area contributed by atoms with E-state index in [1.807, 2.05) is 6.07 Å². The van der Waals surface area contributed by atoms with E-state index in [2.05, 4.69) is 74.0 Å². The number of amides is 1. The number of aromatic nitrogens is 1. The van der Waals surface area contributed by atoms with Gasteiger partial charge in [-0.15, -0.1) is 0 Å². The third-order valence-electron chi connectivity index (χ3n) is 5.87. The molecule has 1 N–H and O–H groups in total. The second-order valence-corrected chi connectivity index (χ2v) is 9.07. The predicted molar refractivity (Wildman–Crippen MR) is 135 cm³/mol. The van der Waals surface area contributed by atoms with E-state index < -0.39 is 11.6 Å². The van der Waals surface area contributed by atoms with Crippen molar-refractivity contribution in [3.8, 4) is 0 Å². The van der Waals surface area contributed by atoms with Gasteiger partial charge >= 0.3 is 0 Å². The van der Waals surface area contributed by atoms with Crippen molar-refractivity contribution in [2.24, 2.45) is 0 Å². The van der Waals surface area contributed by atoms with Gasteiger partial charge in [0.1, 0.15) is 0 Å². The van der Waals surface area contributed by atoms with Gasteiger partial charge in [0.2, 0.25) is 0 Å². The number of halogens is 2. The molecule has 0 aliphatic heterocycles. The van der Waals surface area contributed by atoms with Gasteiger partial charge in [-0.2, -0.15) is 0 Å². The average Bonchev–Trinajstić information content (AvgIpc) is 3.17. The Labute approximate surface area is 201 Å². The first-order valence-corrected chi connectivity index (χ1v) is 12.0. The molecule has 0 saturated carbocycles. The quantitative estimate of drug-likeness (QED) is 0.312. The Morgan fingerprint density at radius 3 is 2.38 bits per heavy atom. The van der Waals surface area contributed by atoms with Gasteiger partial charge in [0, 0.05) is 24.5 Å². The number of aryl methyl sites for hydroxylation is 1. The van der Waals surface area contributed by atoms with Gasteiger partial charge < -0.3 is 9.88 Å². The van der Waals surface area contributed by atoms with E-state index in [0.717, 1.165) is 42.8 Å². The highest BCUT2D eigenvalue weighted by molar-refractivity contribution is 5.96. The summed E-state index contributed by atoms with van der Waals surface area (Å²) in [4.78, 5) is 13.2. The minimum Gasteiger partial charge on any atom is -0.348 e. The summed E-state index contributed by atoms with van der Waals surface area (Å²) in [6, 6.07) is 14.0. The minimum absolute atomic E-state index is 0.118. The van der Waals surface area contributed by atoms with Crippen molar-refractivity contribution in [3.05, 3.63) is 99.9 Å². The molecular weight excluding hydrogens is 430 g/mol. The molecule has 0 bridgehead atoms.